The zero-order valence-electron chi connectivity index (χ0n) is 15.3. The number of aromatic nitrogens is 1. The van der Waals surface area contributed by atoms with Crippen LogP contribution in [0.2, 0.25) is 5.02 Å². The van der Waals surface area contributed by atoms with E-state index in [1.165, 1.54) is 12.1 Å². The van der Waals surface area contributed by atoms with E-state index in [-0.39, 0.29) is 40.4 Å². The van der Waals surface area contributed by atoms with Gasteiger partial charge in [0.25, 0.3) is 5.56 Å². The summed E-state index contributed by atoms with van der Waals surface area (Å²) in [7, 11) is 0. The fourth-order valence-corrected chi connectivity index (χ4v) is 2.92. The van der Waals surface area contributed by atoms with Gasteiger partial charge < -0.3 is 30.4 Å². The van der Waals surface area contributed by atoms with Gasteiger partial charge in [0.1, 0.15) is 16.9 Å². The fourth-order valence-electron chi connectivity index (χ4n) is 2.66. The van der Waals surface area contributed by atoms with Crippen LogP contribution in [0.4, 0.5) is 5.82 Å². The van der Waals surface area contributed by atoms with Gasteiger partial charge in [0, 0.05) is 5.56 Å². The van der Waals surface area contributed by atoms with Crippen molar-refractivity contribution in [3.05, 3.63) is 38.6 Å². The van der Waals surface area contributed by atoms with E-state index in [0.29, 0.717) is 0 Å². The summed E-state index contributed by atoms with van der Waals surface area (Å²) < 4.78 is 11.2. The summed E-state index contributed by atoms with van der Waals surface area (Å²) in [6, 6.07) is 2.66. The fraction of sp³-hybridized carbons (Fsp3) is 0.278. The predicted octanol–water partition coefficient (Wildman–Crippen LogP) is 2.86. The summed E-state index contributed by atoms with van der Waals surface area (Å²) in [6.45, 7) is 5.52. The van der Waals surface area contributed by atoms with E-state index < -0.39 is 34.4 Å². The largest absolute Gasteiger partial charge is 0.490 e. The maximum absolute atomic E-state index is 12.2. The van der Waals surface area contributed by atoms with Crippen LogP contribution in [0.5, 0.6) is 11.5 Å². The molecule has 0 radical (unpaired) electrons. The first kappa shape index (κ1) is 21.1. The van der Waals surface area contributed by atoms with Crippen LogP contribution in [0, 0.1) is 0 Å². The number of nitrogen functional groups attached to an aromatic ring is 1. The molecule has 0 amide bonds. The van der Waals surface area contributed by atoms with Crippen LogP contribution < -0.4 is 20.8 Å². The topological polar surface area (TPSA) is 152 Å². The molecule has 0 saturated carbocycles. The molecule has 5 N–H and O–H groups in total. The molecule has 0 aliphatic carbocycles. The van der Waals surface area contributed by atoms with Crippen molar-refractivity contribution in [1.82, 2.24) is 4.98 Å². The Kier molecular flexibility index (Phi) is 6.19. The number of nitrogens with one attached hydrogen (secondary N) is 1. The Balaban J connectivity index is 2.93. The molecule has 1 aromatic carbocycles. The van der Waals surface area contributed by atoms with Crippen LogP contribution in [0.15, 0.2) is 16.9 Å². The Hall–Kier alpha value is -3.20. The highest BCUT2D eigenvalue weighted by molar-refractivity contribution is 6.32. The van der Waals surface area contributed by atoms with Crippen molar-refractivity contribution in [3.63, 3.8) is 0 Å². The van der Waals surface area contributed by atoms with Gasteiger partial charge in [0.15, 0.2) is 11.5 Å². The number of carbonyl (C=O) groups is 2. The Labute approximate surface area is 164 Å². The van der Waals surface area contributed by atoms with Crippen molar-refractivity contribution in [2.75, 3.05) is 12.3 Å². The molecular formula is C18H19ClN2O7. The molecule has 0 saturated heterocycles. The number of rotatable bonds is 7. The number of nitrogens with two attached hydrogens (primary N) is 1. The Bertz CT molecular complexity index is 998. The maximum Gasteiger partial charge on any atom is 0.342 e. The monoisotopic (exact) mass is 410 g/mol. The third-order valence-corrected chi connectivity index (χ3v) is 3.90. The SMILES string of the molecule is CCOc1cc(-c2c(C(=O)O)c(N)[nH]c(=O)c2C(=O)O)cc(Cl)c1OC(C)C. The molecule has 1 heterocycles. The van der Waals surface area contributed by atoms with Crippen molar-refractivity contribution < 1.29 is 29.3 Å². The smallest absolute Gasteiger partial charge is 0.342 e. The molecular weight excluding hydrogens is 392 g/mol. The van der Waals surface area contributed by atoms with Crippen molar-refractivity contribution >= 4 is 29.4 Å². The van der Waals surface area contributed by atoms with Gasteiger partial charge in [-0.15, -0.1) is 0 Å². The molecule has 150 valence electrons. The summed E-state index contributed by atoms with van der Waals surface area (Å²) in [6.07, 6.45) is -0.234. The lowest BCUT2D eigenvalue weighted by atomic mass is 9.95. The number of halogens is 1. The van der Waals surface area contributed by atoms with E-state index >= 15 is 0 Å². The number of hydrogen-bond acceptors (Lipinski definition) is 6. The van der Waals surface area contributed by atoms with Gasteiger partial charge in [0.05, 0.1) is 17.7 Å². The zero-order valence-corrected chi connectivity index (χ0v) is 16.1. The number of hydrogen-bond donors (Lipinski definition) is 4. The number of H-pyrrole nitrogens is 1. The summed E-state index contributed by atoms with van der Waals surface area (Å²) in [4.78, 5) is 37.6. The maximum atomic E-state index is 12.2. The summed E-state index contributed by atoms with van der Waals surface area (Å²) in [5.74, 6) is -3.22. The van der Waals surface area contributed by atoms with E-state index in [9.17, 15) is 24.6 Å². The highest BCUT2D eigenvalue weighted by Gasteiger charge is 2.28. The minimum atomic E-state index is -1.62. The van der Waals surface area contributed by atoms with Gasteiger partial charge in [-0.3, -0.25) is 4.79 Å². The second-order valence-electron chi connectivity index (χ2n) is 5.99. The number of aromatic amines is 1. The molecule has 28 heavy (non-hydrogen) atoms. The first-order chi connectivity index (χ1) is 13.1. The predicted molar refractivity (Wildman–Crippen MR) is 103 cm³/mol. The third kappa shape index (κ3) is 4.04. The standard InChI is InChI=1S/C18H19ClN2O7/c1-4-27-10-6-8(5-9(19)14(10)28-7(2)3)11-12(17(23)24)15(20)21-16(22)13(11)18(25)26/h5-7H,4H2,1-3H3,(H,23,24)(H,25,26)(H3,20,21,22). The molecule has 2 rings (SSSR count). The molecule has 0 aliphatic rings. The van der Waals surface area contributed by atoms with Crippen LogP contribution in [-0.2, 0) is 0 Å². The van der Waals surface area contributed by atoms with Gasteiger partial charge in [-0.2, -0.15) is 0 Å². The number of benzene rings is 1. The van der Waals surface area contributed by atoms with Gasteiger partial charge in [-0.25, -0.2) is 9.59 Å². The molecule has 0 unspecified atom stereocenters. The quantitative estimate of drug-likeness (QED) is 0.543. The van der Waals surface area contributed by atoms with Crippen molar-refractivity contribution in [2.24, 2.45) is 0 Å². The first-order valence-electron chi connectivity index (χ1n) is 8.24. The number of pyridine rings is 1. The van der Waals surface area contributed by atoms with Crippen LogP contribution in [0.3, 0.4) is 0 Å². The highest BCUT2D eigenvalue weighted by Crippen LogP contribution is 2.42. The van der Waals surface area contributed by atoms with Crippen molar-refractivity contribution in [1.29, 1.82) is 0 Å². The molecule has 0 bridgehead atoms. The molecule has 0 fully saturated rings. The highest BCUT2D eigenvalue weighted by atomic mass is 35.5. The average molecular weight is 411 g/mol. The van der Waals surface area contributed by atoms with E-state index in [0.717, 1.165) is 0 Å². The molecule has 0 atom stereocenters. The van der Waals surface area contributed by atoms with Crippen molar-refractivity contribution in [2.45, 2.75) is 26.9 Å². The number of carboxylic acid groups (broad SMARTS) is 2. The van der Waals surface area contributed by atoms with E-state index in [1.54, 1.807) is 20.8 Å². The summed E-state index contributed by atoms with van der Waals surface area (Å²) in [5.41, 5.74) is 2.93. The Morgan fingerprint density at radius 2 is 1.82 bits per heavy atom. The van der Waals surface area contributed by atoms with E-state index in [1.807, 2.05) is 4.98 Å². The van der Waals surface area contributed by atoms with E-state index in [4.69, 9.17) is 26.8 Å². The molecule has 0 aliphatic heterocycles. The molecule has 9 nitrogen and oxygen atoms in total. The molecule has 10 heteroatoms. The normalized spacial score (nSPS) is 10.8. The zero-order chi connectivity index (χ0) is 21.2. The second kappa shape index (κ2) is 8.22. The van der Waals surface area contributed by atoms with Crippen LogP contribution in [0.25, 0.3) is 11.1 Å². The van der Waals surface area contributed by atoms with Gasteiger partial charge in [0.2, 0.25) is 0 Å². The average Bonchev–Trinajstić information content (AvgIpc) is 2.56. The molecule has 1 aromatic heterocycles. The Morgan fingerprint density at radius 3 is 2.32 bits per heavy atom. The van der Waals surface area contributed by atoms with Gasteiger partial charge >= 0.3 is 11.9 Å². The summed E-state index contributed by atoms with van der Waals surface area (Å²) in [5, 5.41) is 19.1. The number of anilines is 1. The minimum Gasteiger partial charge on any atom is -0.490 e. The van der Waals surface area contributed by atoms with Gasteiger partial charge in [-0.05, 0) is 38.5 Å². The first-order valence-corrected chi connectivity index (χ1v) is 8.61. The lowest BCUT2D eigenvalue weighted by Crippen LogP contribution is -2.24. The lowest BCUT2D eigenvalue weighted by Gasteiger charge is -2.18. The van der Waals surface area contributed by atoms with Crippen LogP contribution in [-0.4, -0.2) is 39.8 Å². The Morgan fingerprint density at radius 1 is 1.21 bits per heavy atom. The van der Waals surface area contributed by atoms with Crippen LogP contribution in [0.1, 0.15) is 41.5 Å². The van der Waals surface area contributed by atoms with E-state index in [2.05, 4.69) is 0 Å². The lowest BCUT2D eigenvalue weighted by molar-refractivity contribution is 0.0695. The van der Waals surface area contributed by atoms with Gasteiger partial charge in [-0.1, -0.05) is 11.6 Å². The van der Waals surface area contributed by atoms with Crippen LogP contribution >= 0.6 is 11.6 Å². The molecule has 0 spiro atoms. The number of carboxylic acids is 2. The number of aromatic carboxylic acids is 2. The summed E-state index contributed by atoms with van der Waals surface area (Å²) >= 11 is 6.29. The third-order valence-electron chi connectivity index (χ3n) is 3.62. The number of ether oxygens (including phenoxy) is 2. The second-order valence-corrected chi connectivity index (χ2v) is 6.40. The minimum absolute atomic E-state index is 0.0390. The van der Waals surface area contributed by atoms with Crippen molar-refractivity contribution in [3.8, 4) is 22.6 Å². The molecule has 2 aromatic rings.